The van der Waals surface area contributed by atoms with Crippen molar-refractivity contribution >= 4 is 34.4 Å². The van der Waals surface area contributed by atoms with Crippen LogP contribution in [0.3, 0.4) is 0 Å². The first-order valence-corrected chi connectivity index (χ1v) is 10.1. The monoisotopic (exact) mass is 435 g/mol. The number of methoxy groups -OCH3 is 1. The number of hydrogen-bond acceptors (Lipinski definition) is 6. The van der Waals surface area contributed by atoms with Gasteiger partial charge in [-0.05, 0) is 24.3 Å². The lowest BCUT2D eigenvalue weighted by Crippen LogP contribution is -2.37. The zero-order valence-corrected chi connectivity index (χ0v) is 18.0. The van der Waals surface area contributed by atoms with Crippen molar-refractivity contribution in [3.63, 3.8) is 0 Å². The van der Waals surface area contributed by atoms with Crippen LogP contribution in [0.2, 0.25) is 0 Å². The average Bonchev–Trinajstić information content (AvgIpc) is 2.80. The van der Waals surface area contributed by atoms with Crippen molar-refractivity contribution in [3.8, 4) is 5.75 Å². The van der Waals surface area contributed by atoms with Gasteiger partial charge in [0, 0.05) is 36.3 Å². The van der Waals surface area contributed by atoms with Crippen molar-refractivity contribution in [1.82, 2.24) is 9.88 Å². The summed E-state index contributed by atoms with van der Waals surface area (Å²) in [6, 6.07) is 18.5. The Hall–Kier alpha value is -3.94. The summed E-state index contributed by atoms with van der Waals surface area (Å²) in [4.78, 5) is 42.1. The SMILES string of the molecule is COc1cccc(NC(=O)CN(C)C(=O)COC(=O)CCc2ccc3ccccc3n2)c1. The highest BCUT2D eigenvalue weighted by Gasteiger charge is 2.15. The van der Waals surface area contributed by atoms with Crippen LogP contribution in [0, 0.1) is 0 Å². The molecule has 0 bridgehead atoms. The Balaban J connectivity index is 1.40. The van der Waals surface area contributed by atoms with E-state index in [2.05, 4.69) is 10.3 Å². The summed E-state index contributed by atoms with van der Waals surface area (Å²) in [5.41, 5.74) is 2.20. The largest absolute Gasteiger partial charge is 0.497 e. The first-order chi connectivity index (χ1) is 15.4. The molecule has 2 aromatic carbocycles. The zero-order valence-electron chi connectivity index (χ0n) is 18.0. The number of pyridine rings is 1. The van der Waals surface area contributed by atoms with Crippen molar-refractivity contribution in [1.29, 1.82) is 0 Å². The third-order valence-electron chi connectivity index (χ3n) is 4.76. The lowest BCUT2D eigenvalue weighted by molar-refractivity contribution is -0.151. The molecular weight excluding hydrogens is 410 g/mol. The molecule has 166 valence electrons. The summed E-state index contributed by atoms with van der Waals surface area (Å²) in [5, 5.41) is 3.72. The number of benzene rings is 2. The molecule has 0 atom stereocenters. The van der Waals surface area contributed by atoms with Crippen LogP contribution in [0.4, 0.5) is 5.69 Å². The van der Waals surface area contributed by atoms with Crippen LogP contribution in [0.1, 0.15) is 12.1 Å². The number of nitrogens with one attached hydrogen (secondary N) is 1. The van der Waals surface area contributed by atoms with Crippen LogP contribution in [-0.2, 0) is 25.5 Å². The van der Waals surface area contributed by atoms with Gasteiger partial charge in [-0.25, -0.2) is 0 Å². The second-order valence-corrected chi connectivity index (χ2v) is 7.19. The number of aromatic nitrogens is 1. The van der Waals surface area contributed by atoms with Gasteiger partial charge >= 0.3 is 5.97 Å². The molecule has 3 rings (SSSR count). The first kappa shape index (κ1) is 22.7. The molecule has 1 N–H and O–H groups in total. The van der Waals surface area contributed by atoms with Crippen molar-refractivity contribution in [2.75, 3.05) is 32.6 Å². The molecule has 0 unspecified atom stereocenters. The maximum absolute atomic E-state index is 12.2. The normalized spacial score (nSPS) is 10.4. The number of carbonyl (C=O) groups is 3. The Morgan fingerprint density at radius 2 is 1.84 bits per heavy atom. The number of nitrogens with zero attached hydrogens (tertiary/aromatic N) is 2. The van der Waals surface area contributed by atoms with Crippen molar-refractivity contribution in [3.05, 3.63) is 66.4 Å². The number of anilines is 1. The molecule has 0 aliphatic heterocycles. The van der Waals surface area contributed by atoms with Gasteiger partial charge in [0.15, 0.2) is 6.61 Å². The zero-order chi connectivity index (χ0) is 22.9. The molecule has 2 amide bonds. The number of aryl methyl sites for hydroxylation is 1. The lowest BCUT2D eigenvalue weighted by Gasteiger charge is -2.17. The molecule has 1 aromatic heterocycles. The third kappa shape index (κ3) is 6.53. The van der Waals surface area contributed by atoms with Gasteiger partial charge in [-0.15, -0.1) is 0 Å². The lowest BCUT2D eigenvalue weighted by atomic mass is 10.1. The molecule has 32 heavy (non-hydrogen) atoms. The molecule has 0 aliphatic carbocycles. The van der Waals surface area contributed by atoms with Crippen LogP contribution in [0.5, 0.6) is 5.75 Å². The molecule has 8 nitrogen and oxygen atoms in total. The summed E-state index contributed by atoms with van der Waals surface area (Å²) in [6.45, 7) is -0.596. The number of rotatable bonds is 9. The highest BCUT2D eigenvalue weighted by Crippen LogP contribution is 2.16. The van der Waals surface area contributed by atoms with E-state index in [9.17, 15) is 14.4 Å². The Bertz CT molecular complexity index is 1120. The minimum atomic E-state index is -0.498. The maximum Gasteiger partial charge on any atom is 0.306 e. The number of carbonyl (C=O) groups excluding carboxylic acids is 3. The summed E-state index contributed by atoms with van der Waals surface area (Å²) >= 11 is 0. The molecule has 3 aromatic rings. The summed E-state index contributed by atoms with van der Waals surface area (Å²) in [5.74, 6) is -0.730. The van der Waals surface area contributed by atoms with Gasteiger partial charge in [0.2, 0.25) is 5.91 Å². The van der Waals surface area contributed by atoms with Gasteiger partial charge in [-0.1, -0.05) is 30.3 Å². The minimum absolute atomic E-state index is 0.110. The van der Waals surface area contributed by atoms with E-state index in [1.807, 2.05) is 36.4 Å². The second kappa shape index (κ2) is 10.9. The number of hydrogen-bond donors (Lipinski definition) is 1. The van der Waals surface area contributed by atoms with E-state index in [0.29, 0.717) is 17.9 Å². The van der Waals surface area contributed by atoms with E-state index in [-0.39, 0.29) is 18.9 Å². The van der Waals surface area contributed by atoms with Gasteiger partial charge in [0.25, 0.3) is 5.91 Å². The standard InChI is InChI=1S/C24H25N3O5/c1-27(15-22(28)26-19-7-5-8-20(14-19)31-2)23(29)16-32-24(30)13-12-18-11-10-17-6-3-4-9-21(17)25-18/h3-11,14H,12-13,15-16H2,1-2H3,(H,26,28). The molecule has 0 radical (unpaired) electrons. The fourth-order valence-corrected chi connectivity index (χ4v) is 3.01. The van der Waals surface area contributed by atoms with Crippen LogP contribution in [0.25, 0.3) is 10.9 Å². The summed E-state index contributed by atoms with van der Waals surface area (Å²) in [6.07, 6.45) is 0.523. The van der Waals surface area contributed by atoms with Crippen LogP contribution in [-0.4, -0.2) is 55.0 Å². The molecule has 1 heterocycles. The maximum atomic E-state index is 12.2. The highest BCUT2D eigenvalue weighted by molar-refractivity contribution is 5.95. The quantitative estimate of drug-likeness (QED) is 0.519. The predicted octanol–water partition coefficient (Wildman–Crippen LogP) is 2.82. The van der Waals surface area contributed by atoms with Crippen molar-refractivity contribution < 1.29 is 23.9 Å². The number of para-hydroxylation sites is 1. The molecule has 0 spiro atoms. The summed E-state index contributed by atoms with van der Waals surface area (Å²) < 4.78 is 10.2. The van der Waals surface area contributed by atoms with E-state index in [1.54, 1.807) is 24.3 Å². The fraction of sp³-hybridized carbons (Fsp3) is 0.250. The molecule has 0 aliphatic rings. The van der Waals surface area contributed by atoms with Gasteiger partial charge < -0.3 is 19.7 Å². The van der Waals surface area contributed by atoms with Crippen LogP contribution < -0.4 is 10.1 Å². The molecule has 0 fully saturated rings. The van der Waals surface area contributed by atoms with E-state index in [4.69, 9.17) is 9.47 Å². The fourth-order valence-electron chi connectivity index (χ4n) is 3.01. The highest BCUT2D eigenvalue weighted by atomic mass is 16.5. The Morgan fingerprint density at radius 1 is 1.03 bits per heavy atom. The molecule has 0 saturated heterocycles. The predicted molar refractivity (Wildman–Crippen MR) is 120 cm³/mol. The van der Waals surface area contributed by atoms with E-state index in [0.717, 1.165) is 16.6 Å². The number of ether oxygens (including phenoxy) is 2. The van der Waals surface area contributed by atoms with Crippen LogP contribution in [0.15, 0.2) is 60.7 Å². The number of fused-ring (bicyclic) bond motifs is 1. The van der Waals surface area contributed by atoms with E-state index < -0.39 is 18.5 Å². The van der Waals surface area contributed by atoms with Gasteiger partial charge in [-0.2, -0.15) is 0 Å². The average molecular weight is 435 g/mol. The first-order valence-electron chi connectivity index (χ1n) is 10.1. The molecular formula is C24H25N3O5. The number of esters is 1. The number of likely N-dealkylation sites (N-methyl/N-ethyl adjacent to an activating group) is 1. The van der Waals surface area contributed by atoms with Gasteiger partial charge in [-0.3, -0.25) is 19.4 Å². The Labute approximate surface area is 186 Å². The number of amides is 2. The smallest absolute Gasteiger partial charge is 0.306 e. The van der Waals surface area contributed by atoms with E-state index in [1.165, 1.54) is 19.1 Å². The Kier molecular flexibility index (Phi) is 7.75. The second-order valence-electron chi connectivity index (χ2n) is 7.19. The van der Waals surface area contributed by atoms with E-state index >= 15 is 0 Å². The third-order valence-corrected chi connectivity index (χ3v) is 4.76. The van der Waals surface area contributed by atoms with Crippen molar-refractivity contribution in [2.24, 2.45) is 0 Å². The topological polar surface area (TPSA) is 97.8 Å². The van der Waals surface area contributed by atoms with Gasteiger partial charge in [0.05, 0.1) is 25.6 Å². The van der Waals surface area contributed by atoms with Gasteiger partial charge in [0.1, 0.15) is 5.75 Å². The molecule has 0 saturated carbocycles. The Morgan fingerprint density at radius 3 is 2.66 bits per heavy atom. The van der Waals surface area contributed by atoms with Crippen molar-refractivity contribution in [2.45, 2.75) is 12.8 Å². The van der Waals surface area contributed by atoms with Crippen LogP contribution >= 0.6 is 0 Å². The molecule has 8 heteroatoms. The minimum Gasteiger partial charge on any atom is -0.497 e. The summed E-state index contributed by atoms with van der Waals surface area (Å²) in [7, 11) is 3.01.